The molecule has 0 saturated heterocycles. The van der Waals surface area contributed by atoms with E-state index in [2.05, 4.69) is 0 Å². The molecule has 0 spiro atoms. The van der Waals surface area contributed by atoms with Crippen LogP contribution in [-0.2, 0) is 9.59 Å². The molecule has 2 heteroatoms. The van der Waals surface area contributed by atoms with Crippen molar-refractivity contribution in [2.45, 2.75) is 65.7 Å². The zero-order valence-electron chi connectivity index (χ0n) is 10.8. The maximum atomic E-state index is 11.9. The van der Waals surface area contributed by atoms with Crippen molar-refractivity contribution in [1.29, 1.82) is 0 Å². The first-order chi connectivity index (χ1) is 7.45. The fourth-order valence-electron chi connectivity index (χ4n) is 2.82. The van der Waals surface area contributed by atoms with Gasteiger partial charge in [-0.25, -0.2) is 0 Å². The van der Waals surface area contributed by atoms with Gasteiger partial charge in [-0.05, 0) is 25.2 Å². The fraction of sp³-hybridized carbons (Fsp3) is 0.857. The van der Waals surface area contributed by atoms with Crippen LogP contribution in [0.4, 0.5) is 0 Å². The lowest BCUT2D eigenvalue weighted by atomic mass is 9.67. The van der Waals surface area contributed by atoms with E-state index in [1.54, 1.807) is 6.92 Å². The van der Waals surface area contributed by atoms with E-state index in [0.717, 1.165) is 12.8 Å². The maximum Gasteiger partial charge on any atom is 0.135 e. The molecule has 1 rings (SSSR count). The number of Topliss-reactive ketones (excluding diaryl/α,β-unsaturated/α-hetero) is 2. The van der Waals surface area contributed by atoms with Crippen LogP contribution in [0.25, 0.3) is 0 Å². The van der Waals surface area contributed by atoms with Crippen molar-refractivity contribution < 1.29 is 9.59 Å². The minimum Gasteiger partial charge on any atom is -0.300 e. The molecule has 0 unspecified atom stereocenters. The Morgan fingerprint density at radius 3 is 2.06 bits per heavy atom. The predicted octanol–water partition coefficient (Wildman–Crippen LogP) is 3.53. The van der Waals surface area contributed by atoms with Crippen LogP contribution in [0.2, 0.25) is 0 Å². The molecule has 1 saturated carbocycles. The van der Waals surface area contributed by atoms with Crippen molar-refractivity contribution >= 4 is 11.6 Å². The first-order valence-corrected chi connectivity index (χ1v) is 6.47. The highest BCUT2D eigenvalue weighted by atomic mass is 16.1. The van der Waals surface area contributed by atoms with Gasteiger partial charge in [0, 0.05) is 18.8 Å². The number of hydrogen-bond donors (Lipinski definition) is 0. The second kappa shape index (κ2) is 5.60. The minimum absolute atomic E-state index is 0.00539. The van der Waals surface area contributed by atoms with Crippen molar-refractivity contribution in [1.82, 2.24) is 0 Å². The summed E-state index contributed by atoms with van der Waals surface area (Å²) in [6.07, 6.45) is 6.96. The van der Waals surface area contributed by atoms with Crippen molar-refractivity contribution in [3.05, 3.63) is 0 Å². The van der Waals surface area contributed by atoms with Gasteiger partial charge in [0.25, 0.3) is 0 Å². The van der Waals surface area contributed by atoms with Gasteiger partial charge < -0.3 is 4.79 Å². The van der Waals surface area contributed by atoms with Gasteiger partial charge in [0.15, 0.2) is 0 Å². The highest BCUT2D eigenvalue weighted by Crippen LogP contribution is 2.43. The summed E-state index contributed by atoms with van der Waals surface area (Å²) in [6.45, 7) is 5.55. The number of rotatable bonds is 5. The van der Waals surface area contributed by atoms with Crippen LogP contribution in [0.15, 0.2) is 0 Å². The van der Waals surface area contributed by atoms with Gasteiger partial charge >= 0.3 is 0 Å². The van der Waals surface area contributed by atoms with Gasteiger partial charge in [0.1, 0.15) is 11.6 Å². The minimum atomic E-state index is 0.00539. The molecule has 1 aliphatic rings. The number of carbonyl (C=O) groups excluding carboxylic acids is 2. The first kappa shape index (κ1) is 13.4. The zero-order chi connectivity index (χ0) is 12.2. The molecule has 0 heterocycles. The van der Waals surface area contributed by atoms with E-state index >= 15 is 0 Å². The van der Waals surface area contributed by atoms with E-state index in [0.29, 0.717) is 18.6 Å². The third-order valence-corrected chi connectivity index (χ3v) is 3.73. The van der Waals surface area contributed by atoms with Gasteiger partial charge in [-0.15, -0.1) is 0 Å². The second-order valence-corrected chi connectivity index (χ2v) is 5.74. The molecule has 16 heavy (non-hydrogen) atoms. The molecule has 0 atom stereocenters. The van der Waals surface area contributed by atoms with E-state index in [1.165, 1.54) is 19.3 Å². The monoisotopic (exact) mass is 224 g/mol. The number of carbonyl (C=O) groups is 2. The molecule has 0 aromatic carbocycles. The molecule has 0 aromatic heterocycles. The molecular formula is C14H24O2. The van der Waals surface area contributed by atoms with Gasteiger partial charge in [0.05, 0.1) is 0 Å². The van der Waals surface area contributed by atoms with E-state index in [-0.39, 0.29) is 17.1 Å². The van der Waals surface area contributed by atoms with E-state index in [9.17, 15) is 9.59 Å². The molecule has 1 fully saturated rings. The molecular weight excluding hydrogens is 200 g/mol. The Bertz CT molecular complexity index is 260. The quantitative estimate of drug-likeness (QED) is 0.716. The van der Waals surface area contributed by atoms with Crippen LogP contribution in [0, 0.1) is 11.3 Å². The Kier molecular flexibility index (Phi) is 4.69. The second-order valence-electron chi connectivity index (χ2n) is 5.74. The Hall–Kier alpha value is -0.660. The summed E-state index contributed by atoms with van der Waals surface area (Å²) in [5, 5.41) is 0. The summed E-state index contributed by atoms with van der Waals surface area (Å²) in [7, 11) is 0. The van der Waals surface area contributed by atoms with Crippen LogP contribution >= 0.6 is 0 Å². The van der Waals surface area contributed by atoms with E-state index < -0.39 is 0 Å². The number of ketones is 2. The Morgan fingerprint density at radius 1 is 1.06 bits per heavy atom. The lowest BCUT2D eigenvalue weighted by molar-refractivity contribution is -0.126. The lowest BCUT2D eigenvalue weighted by Crippen LogP contribution is -2.30. The molecule has 0 radical (unpaired) electrons. The molecule has 0 amide bonds. The van der Waals surface area contributed by atoms with Crippen molar-refractivity contribution in [3.63, 3.8) is 0 Å². The van der Waals surface area contributed by atoms with Gasteiger partial charge in [-0.1, -0.05) is 33.1 Å². The Balaban J connectivity index is 2.69. The summed E-state index contributed by atoms with van der Waals surface area (Å²) < 4.78 is 0. The van der Waals surface area contributed by atoms with Crippen molar-refractivity contribution in [3.8, 4) is 0 Å². The average Bonchev–Trinajstić information content (AvgIpc) is 2.17. The SMILES string of the molecule is CC(=O)CC1(CC(=O)C(C)C)CCCCC1. The molecule has 0 bridgehead atoms. The fourth-order valence-corrected chi connectivity index (χ4v) is 2.82. The smallest absolute Gasteiger partial charge is 0.135 e. The summed E-state index contributed by atoms with van der Waals surface area (Å²) in [5.74, 6) is 0.660. The maximum absolute atomic E-state index is 11.9. The van der Waals surface area contributed by atoms with E-state index in [4.69, 9.17) is 0 Å². The van der Waals surface area contributed by atoms with Crippen LogP contribution in [-0.4, -0.2) is 11.6 Å². The average molecular weight is 224 g/mol. The summed E-state index contributed by atoms with van der Waals surface area (Å²) >= 11 is 0. The highest BCUT2D eigenvalue weighted by Gasteiger charge is 2.35. The molecule has 1 aliphatic carbocycles. The third-order valence-electron chi connectivity index (χ3n) is 3.73. The molecule has 2 nitrogen and oxygen atoms in total. The molecule has 92 valence electrons. The summed E-state index contributed by atoms with van der Waals surface area (Å²) in [5.41, 5.74) is 0.00539. The lowest BCUT2D eigenvalue weighted by Gasteiger charge is -2.36. The van der Waals surface area contributed by atoms with Crippen LogP contribution in [0.1, 0.15) is 65.7 Å². The molecule has 0 N–H and O–H groups in total. The molecule has 0 aliphatic heterocycles. The predicted molar refractivity (Wildman–Crippen MR) is 65.3 cm³/mol. The van der Waals surface area contributed by atoms with Crippen LogP contribution in [0.3, 0.4) is 0 Å². The van der Waals surface area contributed by atoms with Crippen molar-refractivity contribution in [2.75, 3.05) is 0 Å². The summed E-state index contributed by atoms with van der Waals surface area (Å²) in [6, 6.07) is 0. The standard InChI is InChI=1S/C14H24O2/c1-11(2)13(16)10-14(9-12(3)15)7-5-4-6-8-14/h11H,4-10H2,1-3H3. The third kappa shape index (κ3) is 3.73. The largest absolute Gasteiger partial charge is 0.300 e. The molecule has 0 aromatic rings. The van der Waals surface area contributed by atoms with Gasteiger partial charge in [-0.2, -0.15) is 0 Å². The van der Waals surface area contributed by atoms with Crippen molar-refractivity contribution in [2.24, 2.45) is 11.3 Å². The number of hydrogen-bond acceptors (Lipinski definition) is 2. The first-order valence-electron chi connectivity index (χ1n) is 6.47. The van der Waals surface area contributed by atoms with E-state index in [1.807, 2.05) is 13.8 Å². The van der Waals surface area contributed by atoms with Gasteiger partial charge in [-0.3, -0.25) is 4.79 Å². The Labute approximate surface area is 98.8 Å². The summed E-state index contributed by atoms with van der Waals surface area (Å²) in [4.78, 5) is 23.2. The zero-order valence-corrected chi connectivity index (χ0v) is 10.8. The van der Waals surface area contributed by atoms with Crippen LogP contribution < -0.4 is 0 Å². The topological polar surface area (TPSA) is 34.1 Å². The normalized spacial score (nSPS) is 19.8. The van der Waals surface area contributed by atoms with Crippen LogP contribution in [0.5, 0.6) is 0 Å². The Morgan fingerprint density at radius 2 is 1.62 bits per heavy atom. The van der Waals surface area contributed by atoms with Gasteiger partial charge in [0.2, 0.25) is 0 Å². The highest BCUT2D eigenvalue weighted by molar-refractivity contribution is 5.82.